The Morgan fingerprint density at radius 1 is 1.36 bits per heavy atom. The average molecular weight is 268 g/mol. The normalized spacial score (nSPS) is 32.2. The summed E-state index contributed by atoms with van der Waals surface area (Å²) in [4.78, 5) is 2.35. The zero-order valence-corrected chi connectivity index (χ0v) is 8.87. The molecule has 0 aromatic heterocycles. The van der Waals surface area contributed by atoms with E-state index in [1.165, 1.54) is 0 Å². The largest absolute Gasteiger partial charge is 0.370 e. The highest BCUT2D eigenvalue weighted by Crippen LogP contribution is 2.30. The SMILES string of the molecule is CN1CCOC2(C1)CN(I)C2. The average Bonchev–Trinajstić information content (AvgIpc) is 1.84. The fourth-order valence-corrected chi connectivity index (χ4v) is 3.05. The smallest absolute Gasteiger partial charge is 0.108 e. The van der Waals surface area contributed by atoms with Crippen LogP contribution in [0.3, 0.4) is 0 Å². The second-order valence-corrected chi connectivity index (χ2v) is 4.91. The Morgan fingerprint density at radius 2 is 2.09 bits per heavy atom. The first-order valence-corrected chi connectivity index (χ1v) is 4.90. The number of morpholine rings is 1. The molecule has 2 saturated heterocycles. The third-order valence-corrected chi connectivity index (χ3v) is 3.04. The summed E-state index contributed by atoms with van der Waals surface area (Å²) in [6, 6.07) is 0. The summed E-state index contributed by atoms with van der Waals surface area (Å²) in [5.41, 5.74) is 0.189. The maximum absolute atomic E-state index is 5.75. The van der Waals surface area contributed by atoms with Gasteiger partial charge in [0.15, 0.2) is 0 Å². The van der Waals surface area contributed by atoms with E-state index in [1.807, 2.05) is 0 Å². The Morgan fingerprint density at radius 3 is 2.64 bits per heavy atom. The van der Waals surface area contributed by atoms with Crippen molar-refractivity contribution in [1.29, 1.82) is 0 Å². The Bertz CT molecular complexity index is 153. The number of halogens is 1. The van der Waals surface area contributed by atoms with E-state index in [4.69, 9.17) is 4.74 Å². The molecular weight excluding hydrogens is 255 g/mol. The molecule has 0 amide bonds. The molecule has 1 spiro atoms. The summed E-state index contributed by atoms with van der Waals surface area (Å²) in [6.45, 7) is 5.28. The third-order valence-electron chi connectivity index (χ3n) is 2.36. The fourth-order valence-electron chi connectivity index (χ4n) is 1.80. The van der Waals surface area contributed by atoms with Crippen LogP contribution < -0.4 is 0 Å². The molecule has 2 rings (SSSR count). The molecule has 64 valence electrons. The molecule has 0 aliphatic carbocycles. The molecule has 2 aliphatic rings. The second-order valence-electron chi connectivity index (χ2n) is 3.55. The van der Waals surface area contributed by atoms with Gasteiger partial charge in [0.1, 0.15) is 5.60 Å². The van der Waals surface area contributed by atoms with Crippen molar-refractivity contribution in [3.8, 4) is 0 Å². The lowest BCUT2D eigenvalue weighted by atomic mass is 9.95. The molecule has 0 aromatic rings. The molecule has 0 unspecified atom stereocenters. The summed E-state index contributed by atoms with van der Waals surface area (Å²) in [6.07, 6.45) is 0. The Labute approximate surface area is 81.2 Å². The second kappa shape index (κ2) is 2.83. The standard InChI is InChI=1S/C7H13IN2O/c1-9-2-3-11-7(4-9)5-10(8)6-7/h2-6H2,1H3. The van der Waals surface area contributed by atoms with E-state index in [9.17, 15) is 0 Å². The van der Waals surface area contributed by atoms with Gasteiger partial charge in [0.05, 0.1) is 6.61 Å². The minimum absolute atomic E-state index is 0.189. The van der Waals surface area contributed by atoms with E-state index >= 15 is 0 Å². The van der Waals surface area contributed by atoms with Crippen LogP contribution in [0.25, 0.3) is 0 Å². The quantitative estimate of drug-likeness (QED) is 0.466. The summed E-state index contributed by atoms with van der Waals surface area (Å²) < 4.78 is 8.03. The number of hydrogen-bond donors (Lipinski definition) is 0. The number of nitrogens with zero attached hydrogens (tertiary/aromatic N) is 2. The van der Waals surface area contributed by atoms with E-state index in [2.05, 4.69) is 37.9 Å². The molecule has 0 N–H and O–H groups in total. The minimum atomic E-state index is 0.189. The van der Waals surface area contributed by atoms with Gasteiger partial charge in [-0.2, -0.15) is 0 Å². The fraction of sp³-hybridized carbons (Fsp3) is 1.00. The Kier molecular flexibility index (Phi) is 2.11. The van der Waals surface area contributed by atoms with Crippen LogP contribution in [-0.2, 0) is 4.74 Å². The highest BCUT2D eigenvalue weighted by molar-refractivity contribution is 14.1. The van der Waals surface area contributed by atoms with Crippen molar-refractivity contribution in [2.75, 3.05) is 39.8 Å². The van der Waals surface area contributed by atoms with E-state index in [1.54, 1.807) is 0 Å². The third kappa shape index (κ3) is 1.54. The van der Waals surface area contributed by atoms with Gasteiger partial charge in [-0.05, 0) is 7.05 Å². The van der Waals surface area contributed by atoms with Crippen LogP contribution in [0.1, 0.15) is 0 Å². The van der Waals surface area contributed by atoms with Gasteiger partial charge >= 0.3 is 0 Å². The van der Waals surface area contributed by atoms with Crippen LogP contribution in [0.2, 0.25) is 0 Å². The van der Waals surface area contributed by atoms with Gasteiger partial charge in [0.2, 0.25) is 0 Å². The molecule has 0 radical (unpaired) electrons. The van der Waals surface area contributed by atoms with Gasteiger partial charge in [-0.3, -0.25) is 0 Å². The monoisotopic (exact) mass is 268 g/mol. The van der Waals surface area contributed by atoms with E-state index in [0.717, 1.165) is 32.8 Å². The molecule has 2 heterocycles. The summed E-state index contributed by atoms with van der Waals surface area (Å²) in [5, 5.41) is 0. The number of rotatable bonds is 0. The molecule has 0 bridgehead atoms. The minimum Gasteiger partial charge on any atom is -0.370 e. The molecule has 0 saturated carbocycles. The number of ether oxygens (including phenoxy) is 1. The highest BCUT2D eigenvalue weighted by Gasteiger charge is 2.45. The van der Waals surface area contributed by atoms with Crippen molar-refractivity contribution < 1.29 is 4.74 Å². The van der Waals surface area contributed by atoms with Gasteiger partial charge in [-0.25, -0.2) is 3.11 Å². The molecular formula is C7H13IN2O. The first-order valence-electron chi connectivity index (χ1n) is 3.93. The molecule has 11 heavy (non-hydrogen) atoms. The van der Waals surface area contributed by atoms with Crippen molar-refractivity contribution in [1.82, 2.24) is 8.01 Å². The van der Waals surface area contributed by atoms with Gasteiger partial charge in [-0.1, -0.05) is 0 Å². The number of likely N-dealkylation sites (N-methyl/N-ethyl adjacent to an activating group) is 1. The zero-order valence-electron chi connectivity index (χ0n) is 6.72. The Balaban J connectivity index is 1.93. The van der Waals surface area contributed by atoms with Gasteiger partial charge in [0.25, 0.3) is 0 Å². The lowest BCUT2D eigenvalue weighted by Gasteiger charge is -2.51. The van der Waals surface area contributed by atoms with Crippen LogP contribution in [0.5, 0.6) is 0 Å². The maximum atomic E-state index is 5.75. The topological polar surface area (TPSA) is 15.7 Å². The van der Waals surface area contributed by atoms with E-state index < -0.39 is 0 Å². The molecule has 0 atom stereocenters. The van der Waals surface area contributed by atoms with Crippen LogP contribution >= 0.6 is 22.9 Å². The van der Waals surface area contributed by atoms with Crippen LogP contribution in [0.15, 0.2) is 0 Å². The van der Waals surface area contributed by atoms with Gasteiger partial charge in [0, 0.05) is 49.0 Å². The first kappa shape index (κ1) is 8.22. The van der Waals surface area contributed by atoms with Crippen molar-refractivity contribution in [2.24, 2.45) is 0 Å². The Hall–Kier alpha value is 0.610. The maximum Gasteiger partial charge on any atom is 0.108 e. The molecule has 3 nitrogen and oxygen atoms in total. The van der Waals surface area contributed by atoms with Gasteiger partial charge in [-0.15, -0.1) is 0 Å². The zero-order chi connectivity index (χ0) is 7.90. The van der Waals surface area contributed by atoms with Crippen molar-refractivity contribution in [3.05, 3.63) is 0 Å². The van der Waals surface area contributed by atoms with Crippen LogP contribution in [0, 0.1) is 0 Å². The summed E-state index contributed by atoms with van der Waals surface area (Å²) >= 11 is 2.35. The van der Waals surface area contributed by atoms with Crippen molar-refractivity contribution in [2.45, 2.75) is 5.60 Å². The molecule has 4 heteroatoms. The van der Waals surface area contributed by atoms with Crippen molar-refractivity contribution in [3.63, 3.8) is 0 Å². The lowest BCUT2D eigenvalue weighted by Crippen LogP contribution is -2.66. The van der Waals surface area contributed by atoms with Gasteiger partial charge < -0.3 is 9.64 Å². The predicted molar refractivity (Wildman–Crippen MR) is 51.8 cm³/mol. The van der Waals surface area contributed by atoms with Crippen LogP contribution in [0.4, 0.5) is 0 Å². The van der Waals surface area contributed by atoms with E-state index in [0.29, 0.717) is 0 Å². The summed E-state index contributed by atoms with van der Waals surface area (Å²) in [5.74, 6) is 0. The highest BCUT2D eigenvalue weighted by atomic mass is 127. The number of hydrogen-bond acceptors (Lipinski definition) is 3. The molecule has 2 fully saturated rings. The van der Waals surface area contributed by atoms with Crippen molar-refractivity contribution >= 4 is 22.9 Å². The van der Waals surface area contributed by atoms with E-state index in [-0.39, 0.29) is 5.60 Å². The molecule has 2 aliphatic heterocycles. The predicted octanol–water partition coefficient (Wildman–Crippen LogP) is 0.353. The lowest BCUT2D eigenvalue weighted by molar-refractivity contribution is -0.151. The van der Waals surface area contributed by atoms with Crippen LogP contribution in [-0.4, -0.2) is 53.4 Å². The first-order chi connectivity index (χ1) is 5.20. The summed E-state index contributed by atoms with van der Waals surface area (Å²) in [7, 11) is 2.17. The molecule has 0 aromatic carbocycles.